The molecule has 0 bridgehead atoms. The molecule has 2 aromatic rings. The van der Waals surface area contributed by atoms with E-state index in [0.717, 1.165) is 23.3 Å². The fourth-order valence-corrected chi connectivity index (χ4v) is 2.15. The third kappa shape index (κ3) is 4.05. The summed E-state index contributed by atoms with van der Waals surface area (Å²) in [7, 11) is 0. The summed E-state index contributed by atoms with van der Waals surface area (Å²) < 4.78 is 5.99. The van der Waals surface area contributed by atoms with E-state index in [9.17, 15) is 0 Å². The van der Waals surface area contributed by atoms with Crippen molar-refractivity contribution in [3.63, 3.8) is 0 Å². The van der Waals surface area contributed by atoms with Crippen molar-refractivity contribution in [1.82, 2.24) is 10.2 Å². The molecule has 0 aliphatic carbocycles. The van der Waals surface area contributed by atoms with Gasteiger partial charge in [0.15, 0.2) is 5.15 Å². The van der Waals surface area contributed by atoms with Crippen LogP contribution in [0.2, 0.25) is 5.15 Å². The van der Waals surface area contributed by atoms with E-state index in [2.05, 4.69) is 48.3 Å². The van der Waals surface area contributed by atoms with Crippen LogP contribution >= 0.6 is 11.6 Å². The van der Waals surface area contributed by atoms with Crippen molar-refractivity contribution in [3.8, 4) is 11.6 Å². The van der Waals surface area contributed by atoms with Crippen LogP contribution in [0.1, 0.15) is 37.8 Å². The minimum atomic E-state index is 0.355. The van der Waals surface area contributed by atoms with Crippen LogP contribution in [-0.4, -0.2) is 10.2 Å². The maximum atomic E-state index is 5.99. The van der Waals surface area contributed by atoms with Gasteiger partial charge in [0.1, 0.15) is 5.75 Å². The molecule has 0 atom stereocenters. The third-order valence-corrected chi connectivity index (χ3v) is 3.34. The summed E-state index contributed by atoms with van der Waals surface area (Å²) in [6.07, 6.45) is 4.97. The summed E-state index contributed by atoms with van der Waals surface area (Å²) in [6.45, 7) is 6.31. The van der Waals surface area contributed by atoms with Crippen LogP contribution < -0.4 is 4.74 Å². The summed E-state index contributed by atoms with van der Waals surface area (Å²) >= 11 is 5.76. The molecule has 0 saturated carbocycles. The van der Waals surface area contributed by atoms with E-state index in [1.807, 2.05) is 13.0 Å². The standard InChI is InChI=1S/C17H19ClN2O/c1-4-5-7-13-8-6-9-14(12(2)3)17(13)21-16-11-10-15(18)19-20-16/h4-6,8-12H,7H2,1-3H3. The number of allylic oxidation sites excluding steroid dienone is 2. The third-order valence-electron chi connectivity index (χ3n) is 3.14. The summed E-state index contributed by atoms with van der Waals surface area (Å²) in [5, 5.41) is 8.15. The van der Waals surface area contributed by atoms with Gasteiger partial charge in [0.2, 0.25) is 5.88 Å². The van der Waals surface area contributed by atoms with Crippen molar-refractivity contribution in [2.75, 3.05) is 0 Å². The number of nitrogens with zero attached hydrogens (tertiary/aromatic N) is 2. The molecule has 0 aliphatic rings. The second-order valence-corrected chi connectivity index (χ2v) is 5.45. The maximum Gasteiger partial charge on any atom is 0.238 e. The zero-order valence-electron chi connectivity index (χ0n) is 12.5. The Bertz CT molecular complexity index is 621. The summed E-state index contributed by atoms with van der Waals surface area (Å²) in [5.41, 5.74) is 2.30. The molecule has 110 valence electrons. The molecular weight excluding hydrogens is 284 g/mol. The Hall–Kier alpha value is -1.87. The first-order valence-electron chi connectivity index (χ1n) is 7.02. The van der Waals surface area contributed by atoms with Crippen molar-refractivity contribution < 1.29 is 4.74 Å². The van der Waals surface area contributed by atoms with Crippen LogP contribution in [-0.2, 0) is 6.42 Å². The number of ether oxygens (including phenoxy) is 1. The highest BCUT2D eigenvalue weighted by molar-refractivity contribution is 6.29. The second kappa shape index (κ2) is 7.23. The number of rotatable bonds is 5. The van der Waals surface area contributed by atoms with Gasteiger partial charge in [0.05, 0.1) is 0 Å². The van der Waals surface area contributed by atoms with Crippen molar-refractivity contribution in [1.29, 1.82) is 0 Å². The first-order valence-corrected chi connectivity index (χ1v) is 7.39. The molecule has 0 amide bonds. The predicted molar refractivity (Wildman–Crippen MR) is 86.2 cm³/mol. The van der Waals surface area contributed by atoms with E-state index in [0.29, 0.717) is 17.0 Å². The summed E-state index contributed by atoms with van der Waals surface area (Å²) in [5.74, 6) is 1.68. The zero-order chi connectivity index (χ0) is 15.2. The Kier molecular flexibility index (Phi) is 5.34. The minimum absolute atomic E-state index is 0.355. The maximum absolute atomic E-state index is 5.99. The van der Waals surface area contributed by atoms with Crippen molar-refractivity contribution in [3.05, 3.63) is 58.8 Å². The lowest BCUT2D eigenvalue weighted by Gasteiger charge is -2.16. The van der Waals surface area contributed by atoms with Gasteiger partial charge in [-0.25, -0.2) is 0 Å². The van der Waals surface area contributed by atoms with E-state index in [1.165, 1.54) is 0 Å². The average Bonchev–Trinajstić information content (AvgIpc) is 2.48. The van der Waals surface area contributed by atoms with Gasteiger partial charge >= 0.3 is 0 Å². The van der Waals surface area contributed by atoms with Crippen molar-refractivity contribution >= 4 is 11.6 Å². The highest BCUT2D eigenvalue weighted by Gasteiger charge is 2.13. The van der Waals surface area contributed by atoms with Crippen LogP contribution in [0.5, 0.6) is 11.6 Å². The summed E-state index contributed by atoms with van der Waals surface area (Å²) in [4.78, 5) is 0. The quantitative estimate of drug-likeness (QED) is 0.715. The molecule has 3 nitrogen and oxygen atoms in total. The number of hydrogen-bond acceptors (Lipinski definition) is 3. The molecule has 1 heterocycles. The van der Waals surface area contributed by atoms with Crippen LogP contribution in [0.25, 0.3) is 0 Å². The van der Waals surface area contributed by atoms with Crippen molar-refractivity contribution in [2.45, 2.75) is 33.1 Å². The Morgan fingerprint density at radius 3 is 2.62 bits per heavy atom. The highest BCUT2D eigenvalue weighted by atomic mass is 35.5. The van der Waals surface area contributed by atoms with Crippen LogP contribution in [0, 0.1) is 0 Å². The Labute approximate surface area is 130 Å². The van der Waals surface area contributed by atoms with E-state index in [4.69, 9.17) is 16.3 Å². The second-order valence-electron chi connectivity index (χ2n) is 5.06. The summed E-state index contributed by atoms with van der Waals surface area (Å²) in [6, 6.07) is 9.63. The molecule has 0 N–H and O–H groups in total. The first-order chi connectivity index (χ1) is 10.1. The largest absolute Gasteiger partial charge is 0.437 e. The van der Waals surface area contributed by atoms with Gasteiger partial charge in [-0.3, -0.25) is 0 Å². The smallest absolute Gasteiger partial charge is 0.238 e. The molecule has 0 unspecified atom stereocenters. The van der Waals surface area contributed by atoms with Gasteiger partial charge in [-0.15, -0.1) is 10.2 Å². The van der Waals surface area contributed by atoms with Gasteiger partial charge in [-0.1, -0.05) is 55.8 Å². The van der Waals surface area contributed by atoms with E-state index in [1.54, 1.807) is 12.1 Å². The first kappa shape index (κ1) is 15.5. The lowest BCUT2D eigenvalue weighted by molar-refractivity contribution is 0.443. The molecular formula is C17H19ClN2O. The molecule has 21 heavy (non-hydrogen) atoms. The van der Waals surface area contributed by atoms with Gasteiger partial charge in [0, 0.05) is 6.07 Å². The fourth-order valence-electron chi connectivity index (χ4n) is 2.05. The highest BCUT2D eigenvalue weighted by Crippen LogP contribution is 2.33. The van der Waals surface area contributed by atoms with Crippen LogP contribution in [0.15, 0.2) is 42.5 Å². The van der Waals surface area contributed by atoms with Crippen LogP contribution in [0.4, 0.5) is 0 Å². The number of aromatic nitrogens is 2. The number of halogens is 1. The monoisotopic (exact) mass is 302 g/mol. The average molecular weight is 303 g/mol. The van der Waals surface area contributed by atoms with Gasteiger partial charge in [-0.05, 0) is 36.5 Å². The molecule has 1 aromatic carbocycles. The lowest BCUT2D eigenvalue weighted by Crippen LogP contribution is -2.00. The predicted octanol–water partition coefficient (Wildman–Crippen LogP) is 5.16. The molecule has 4 heteroatoms. The Morgan fingerprint density at radius 2 is 2.00 bits per heavy atom. The Balaban J connectivity index is 2.40. The van der Waals surface area contributed by atoms with Gasteiger partial charge < -0.3 is 4.74 Å². The zero-order valence-corrected chi connectivity index (χ0v) is 13.3. The van der Waals surface area contributed by atoms with E-state index in [-0.39, 0.29) is 0 Å². The molecule has 0 spiro atoms. The Morgan fingerprint density at radius 1 is 1.19 bits per heavy atom. The number of benzene rings is 1. The normalized spacial score (nSPS) is 11.3. The molecule has 1 aromatic heterocycles. The van der Waals surface area contributed by atoms with E-state index >= 15 is 0 Å². The SMILES string of the molecule is CC=CCc1cccc(C(C)C)c1Oc1ccc(Cl)nn1. The van der Waals surface area contributed by atoms with Gasteiger partial charge in [0.25, 0.3) is 0 Å². The topological polar surface area (TPSA) is 35.0 Å². The molecule has 0 radical (unpaired) electrons. The minimum Gasteiger partial charge on any atom is -0.437 e. The fraction of sp³-hybridized carbons (Fsp3) is 0.294. The van der Waals surface area contributed by atoms with Crippen LogP contribution in [0.3, 0.4) is 0 Å². The number of hydrogen-bond donors (Lipinski definition) is 0. The van der Waals surface area contributed by atoms with E-state index < -0.39 is 0 Å². The lowest BCUT2D eigenvalue weighted by atomic mass is 9.97. The van der Waals surface area contributed by atoms with Crippen molar-refractivity contribution in [2.24, 2.45) is 0 Å². The molecule has 0 saturated heterocycles. The van der Waals surface area contributed by atoms with Gasteiger partial charge in [-0.2, -0.15) is 0 Å². The molecule has 0 aliphatic heterocycles. The molecule has 0 fully saturated rings. The molecule has 2 rings (SSSR count). The number of para-hydroxylation sites is 1.